The molecule has 0 spiro atoms. The fraction of sp³-hybridized carbons (Fsp3) is 0.448. The molecule has 2 atom stereocenters. The predicted molar refractivity (Wildman–Crippen MR) is 136 cm³/mol. The Balaban J connectivity index is 1.49. The predicted octanol–water partition coefficient (Wildman–Crippen LogP) is 5.00. The van der Waals surface area contributed by atoms with Gasteiger partial charge in [-0.3, -0.25) is 9.59 Å². The molecular formula is C29H33N3O3. The maximum absolute atomic E-state index is 14.3. The van der Waals surface area contributed by atoms with Crippen LogP contribution in [0.3, 0.4) is 0 Å². The second-order valence-electron chi connectivity index (χ2n) is 10.6. The van der Waals surface area contributed by atoms with Crippen molar-refractivity contribution in [1.29, 1.82) is 0 Å². The van der Waals surface area contributed by atoms with Crippen molar-refractivity contribution in [2.45, 2.75) is 76.0 Å². The van der Waals surface area contributed by atoms with E-state index < -0.39 is 5.54 Å². The topological polar surface area (TPSA) is 63.6 Å². The first kappa shape index (κ1) is 22.2. The van der Waals surface area contributed by atoms with Crippen LogP contribution in [0.1, 0.15) is 73.1 Å². The molecule has 0 radical (unpaired) electrons. The first-order valence-electron chi connectivity index (χ1n) is 12.9. The van der Waals surface area contributed by atoms with Gasteiger partial charge in [-0.15, -0.1) is 0 Å². The number of carbonyl (C=O) groups is 2. The summed E-state index contributed by atoms with van der Waals surface area (Å²) in [6, 6.07) is 16.3. The van der Waals surface area contributed by atoms with Crippen LogP contribution in [-0.4, -0.2) is 40.0 Å². The summed E-state index contributed by atoms with van der Waals surface area (Å²) in [6.07, 6.45) is 7.20. The van der Waals surface area contributed by atoms with Crippen molar-refractivity contribution in [3.05, 3.63) is 65.4 Å². The smallest absolute Gasteiger partial charge is 0.271 e. The van der Waals surface area contributed by atoms with Crippen LogP contribution < -0.4 is 10.1 Å². The van der Waals surface area contributed by atoms with Crippen LogP contribution in [0.5, 0.6) is 5.75 Å². The molecule has 2 unspecified atom stereocenters. The number of nitrogens with one attached hydrogen (secondary N) is 1. The first-order valence-corrected chi connectivity index (χ1v) is 12.9. The molecule has 3 aliphatic rings. The molecule has 1 aliphatic heterocycles. The number of amides is 2. The summed E-state index contributed by atoms with van der Waals surface area (Å²) in [5.41, 5.74) is 3.03. The summed E-state index contributed by atoms with van der Waals surface area (Å²) in [6.45, 7) is 2.38. The number of nitrogens with zero attached hydrogens (tertiary/aromatic N) is 2. The second-order valence-corrected chi connectivity index (χ2v) is 10.6. The van der Waals surface area contributed by atoms with Crippen molar-refractivity contribution in [1.82, 2.24) is 14.8 Å². The first-order chi connectivity index (χ1) is 17.0. The third kappa shape index (κ3) is 3.53. The average Bonchev–Trinajstić information content (AvgIpc) is 3.51. The number of aromatic nitrogens is 1. The van der Waals surface area contributed by atoms with Gasteiger partial charge in [-0.25, -0.2) is 0 Å². The second kappa shape index (κ2) is 8.43. The Morgan fingerprint density at radius 3 is 2.66 bits per heavy atom. The van der Waals surface area contributed by atoms with Gasteiger partial charge in [-0.05, 0) is 68.4 Å². The maximum Gasteiger partial charge on any atom is 0.271 e. The highest BCUT2D eigenvalue weighted by Crippen LogP contribution is 2.43. The minimum Gasteiger partial charge on any atom is -0.497 e. The molecule has 2 aliphatic carbocycles. The van der Waals surface area contributed by atoms with Crippen molar-refractivity contribution in [3.8, 4) is 5.75 Å². The molecule has 35 heavy (non-hydrogen) atoms. The molecule has 2 aromatic carbocycles. The number of rotatable bonds is 4. The Morgan fingerprint density at radius 1 is 1.06 bits per heavy atom. The van der Waals surface area contributed by atoms with Crippen molar-refractivity contribution >= 4 is 22.7 Å². The minimum atomic E-state index is -1.00. The minimum absolute atomic E-state index is 0.0452. The van der Waals surface area contributed by atoms with Gasteiger partial charge >= 0.3 is 0 Å². The molecule has 1 aromatic heterocycles. The van der Waals surface area contributed by atoms with Crippen molar-refractivity contribution < 1.29 is 14.3 Å². The van der Waals surface area contributed by atoms with Gasteiger partial charge in [0.25, 0.3) is 5.91 Å². The van der Waals surface area contributed by atoms with E-state index in [1.807, 2.05) is 46.7 Å². The number of hydrogen-bond donors (Lipinski definition) is 1. The molecule has 3 aromatic rings. The fourth-order valence-electron chi connectivity index (χ4n) is 6.51. The zero-order valence-electron chi connectivity index (χ0n) is 20.5. The van der Waals surface area contributed by atoms with E-state index in [1.54, 1.807) is 7.11 Å². The van der Waals surface area contributed by atoms with E-state index in [4.69, 9.17) is 4.74 Å². The number of benzene rings is 2. The van der Waals surface area contributed by atoms with Gasteiger partial charge in [0, 0.05) is 17.5 Å². The van der Waals surface area contributed by atoms with Crippen LogP contribution in [0, 0.1) is 0 Å². The number of fused-ring (bicyclic) bond motifs is 4. The van der Waals surface area contributed by atoms with Gasteiger partial charge in [0.1, 0.15) is 17.0 Å². The zero-order chi connectivity index (χ0) is 24.2. The van der Waals surface area contributed by atoms with E-state index >= 15 is 0 Å². The van der Waals surface area contributed by atoms with E-state index in [9.17, 15) is 9.59 Å². The molecule has 182 valence electrons. The number of hydrogen-bond acceptors (Lipinski definition) is 3. The Bertz CT molecular complexity index is 1310. The fourth-order valence-corrected chi connectivity index (χ4v) is 6.51. The van der Waals surface area contributed by atoms with Gasteiger partial charge in [0.2, 0.25) is 5.91 Å². The van der Waals surface area contributed by atoms with E-state index in [2.05, 4.69) is 23.5 Å². The van der Waals surface area contributed by atoms with Gasteiger partial charge in [-0.2, -0.15) is 0 Å². The van der Waals surface area contributed by atoms with Gasteiger partial charge in [-0.1, -0.05) is 37.1 Å². The molecular weight excluding hydrogens is 438 g/mol. The monoisotopic (exact) mass is 471 g/mol. The molecule has 6 nitrogen and oxygen atoms in total. The molecule has 1 fully saturated rings. The third-order valence-corrected chi connectivity index (χ3v) is 8.38. The Hall–Kier alpha value is -3.28. The zero-order valence-corrected chi connectivity index (χ0v) is 20.5. The van der Waals surface area contributed by atoms with E-state index in [-0.39, 0.29) is 23.9 Å². The quantitative estimate of drug-likeness (QED) is 0.582. The normalized spacial score (nSPS) is 24.3. The van der Waals surface area contributed by atoms with Gasteiger partial charge in [0.05, 0.1) is 25.2 Å². The number of ether oxygens (including phenoxy) is 1. The third-order valence-electron chi connectivity index (χ3n) is 8.38. The van der Waals surface area contributed by atoms with Gasteiger partial charge in [0.15, 0.2) is 0 Å². The molecule has 2 heterocycles. The highest BCUT2D eigenvalue weighted by atomic mass is 16.5. The molecule has 6 rings (SSSR count). The van der Waals surface area contributed by atoms with Crippen molar-refractivity contribution in [2.75, 3.05) is 7.11 Å². The van der Waals surface area contributed by atoms with E-state index in [0.29, 0.717) is 12.2 Å². The SMILES string of the molecule is COc1ccc2cc3n(c2c1)CC(C)(C(=O)NC1CCCC1)N(C1CCCc2ccccc21)C3=O. The lowest BCUT2D eigenvalue weighted by Crippen LogP contribution is -2.65. The molecule has 0 saturated heterocycles. The van der Waals surface area contributed by atoms with E-state index in [0.717, 1.165) is 61.6 Å². The Morgan fingerprint density at radius 2 is 1.86 bits per heavy atom. The van der Waals surface area contributed by atoms with Crippen LogP contribution in [0.4, 0.5) is 0 Å². The summed E-state index contributed by atoms with van der Waals surface area (Å²) in [5, 5.41) is 4.31. The summed E-state index contributed by atoms with van der Waals surface area (Å²) in [7, 11) is 1.65. The highest BCUT2D eigenvalue weighted by molar-refractivity contribution is 6.04. The van der Waals surface area contributed by atoms with Crippen molar-refractivity contribution in [2.24, 2.45) is 0 Å². The molecule has 0 bridgehead atoms. The van der Waals surface area contributed by atoms with Gasteiger partial charge < -0.3 is 19.5 Å². The van der Waals surface area contributed by atoms with Crippen LogP contribution in [-0.2, 0) is 17.8 Å². The molecule has 2 amide bonds. The van der Waals surface area contributed by atoms with E-state index in [1.165, 1.54) is 11.1 Å². The summed E-state index contributed by atoms with van der Waals surface area (Å²) >= 11 is 0. The molecule has 1 N–H and O–H groups in total. The number of carbonyl (C=O) groups excluding carboxylic acids is 2. The largest absolute Gasteiger partial charge is 0.497 e. The maximum atomic E-state index is 14.3. The highest BCUT2D eigenvalue weighted by Gasteiger charge is 2.51. The Kier molecular flexibility index (Phi) is 5.35. The average molecular weight is 472 g/mol. The summed E-state index contributed by atoms with van der Waals surface area (Å²) < 4.78 is 7.49. The lowest BCUT2D eigenvalue weighted by Gasteiger charge is -2.49. The Labute approximate surface area is 206 Å². The van der Waals surface area contributed by atoms with Crippen LogP contribution in [0.25, 0.3) is 10.9 Å². The van der Waals surface area contributed by atoms with Crippen LogP contribution >= 0.6 is 0 Å². The van der Waals surface area contributed by atoms with Crippen LogP contribution in [0.15, 0.2) is 48.5 Å². The molecule has 1 saturated carbocycles. The summed E-state index contributed by atoms with van der Waals surface area (Å²) in [4.78, 5) is 30.3. The van der Waals surface area contributed by atoms with Crippen molar-refractivity contribution in [3.63, 3.8) is 0 Å². The lowest BCUT2D eigenvalue weighted by molar-refractivity contribution is -0.135. The number of methoxy groups -OCH3 is 1. The lowest BCUT2D eigenvalue weighted by atomic mass is 9.82. The standard InChI is InChI=1S/C29H33N3O3/c1-29(28(34)30-21-10-4-5-11-21)18-31-25-17-22(35-2)15-14-20(25)16-26(31)27(33)32(29)24-13-7-9-19-8-3-6-12-23(19)24/h3,6,8,12,14-17,21,24H,4-5,7,9-11,13,18H2,1-2H3,(H,30,34). The molecule has 6 heteroatoms. The van der Waals surface area contributed by atoms with Crippen LogP contribution in [0.2, 0.25) is 0 Å². The number of aryl methyl sites for hydroxylation is 1. The summed E-state index contributed by atoms with van der Waals surface area (Å²) in [5.74, 6) is 0.625.